The first-order chi connectivity index (χ1) is 20.0. The monoisotopic (exact) mass is 624 g/mol. The van der Waals surface area contributed by atoms with Crippen LogP contribution in [0.3, 0.4) is 0 Å². The van der Waals surface area contributed by atoms with E-state index in [1.165, 1.54) is 56.1 Å². The summed E-state index contributed by atoms with van der Waals surface area (Å²) in [6, 6.07) is 25.8. The maximum Gasteiger partial charge on any atom is 0.341 e. The SMILES string of the molecule is COC(=O)c1c(-c2ccc(C3CCCCC3)cc2)csc1NC(=O)c1cc(-c2ccccc2)nc2ccc(Br)cc12. The number of benzene rings is 3. The van der Waals surface area contributed by atoms with E-state index in [9.17, 15) is 9.59 Å². The summed E-state index contributed by atoms with van der Waals surface area (Å²) in [7, 11) is 1.36. The highest BCUT2D eigenvalue weighted by Crippen LogP contribution is 2.39. The molecule has 41 heavy (non-hydrogen) atoms. The zero-order valence-electron chi connectivity index (χ0n) is 22.7. The van der Waals surface area contributed by atoms with Gasteiger partial charge in [0, 0.05) is 26.4 Å². The first kappa shape index (κ1) is 27.4. The third-order valence-electron chi connectivity index (χ3n) is 7.79. The first-order valence-corrected chi connectivity index (χ1v) is 15.5. The summed E-state index contributed by atoms with van der Waals surface area (Å²) in [5.41, 5.74) is 6.17. The fourth-order valence-electron chi connectivity index (χ4n) is 5.65. The Hall–Kier alpha value is -3.81. The Balaban J connectivity index is 1.36. The minimum absolute atomic E-state index is 0.320. The maximum absolute atomic E-state index is 13.9. The molecule has 5 aromatic rings. The van der Waals surface area contributed by atoms with Gasteiger partial charge >= 0.3 is 5.97 Å². The van der Waals surface area contributed by atoms with E-state index in [2.05, 4.69) is 45.5 Å². The topological polar surface area (TPSA) is 68.3 Å². The summed E-state index contributed by atoms with van der Waals surface area (Å²) in [4.78, 5) is 31.7. The molecule has 3 aromatic carbocycles. The van der Waals surface area contributed by atoms with Crippen molar-refractivity contribution >= 4 is 55.0 Å². The van der Waals surface area contributed by atoms with Crippen LogP contribution < -0.4 is 5.32 Å². The zero-order chi connectivity index (χ0) is 28.3. The molecular formula is C34H29BrN2O3S. The van der Waals surface area contributed by atoms with E-state index >= 15 is 0 Å². The van der Waals surface area contributed by atoms with Gasteiger partial charge in [-0.15, -0.1) is 11.3 Å². The van der Waals surface area contributed by atoms with Crippen molar-refractivity contribution in [3.8, 4) is 22.4 Å². The molecule has 1 aliphatic carbocycles. The third kappa shape index (κ3) is 5.69. The van der Waals surface area contributed by atoms with Crippen LogP contribution in [-0.2, 0) is 4.74 Å². The lowest BCUT2D eigenvalue weighted by Crippen LogP contribution is -2.15. The van der Waals surface area contributed by atoms with Gasteiger partial charge in [-0.25, -0.2) is 9.78 Å². The van der Waals surface area contributed by atoms with E-state index in [-0.39, 0.29) is 5.91 Å². The van der Waals surface area contributed by atoms with Crippen molar-refractivity contribution in [1.29, 1.82) is 0 Å². The fraction of sp³-hybridized carbons (Fsp3) is 0.206. The Kier molecular flexibility index (Phi) is 7.99. The van der Waals surface area contributed by atoms with Crippen molar-refractivity contribution in [2.45, 2.75) is 38.0 Å². The van der Waals surface area contributed by atoms with Gasteiger partial charge in [0.15, 0.2) is 0 Å². The van der Waals surface area contributed by atoms with E-state index in [1.54, 1.807) is 6.07 Å². The smallest absolute Gasteiger partial charge is 0.341 e. The lowest BCUT2D eigenvalue weighted by Gasteiger charge is -2.22. The molecule has 1 amide bonds. The summed E-state index contributed by atoms with van der Waals surface area (Å²) in [5, 5.41) is 6.10. The number of amides is 1. The number of aromatic nitrogens is 1. The second-order valence-corrected chi connectivity index (χ2v) is 12.1. The van der Waals surface area contributed by atoms with Gasteiger partial charge in [0.05, 0.1) is 23.9 Å². The molecule has 206 valence electrons. The molecule has 7 heteroatoms. The highest BCUT2D eigenvalue weighted by molar-refractivity contribution is 9.10. The Morgan fingerprint density at radius 1 is 0.927 bits per heavy atom. The zero-order valence-corrected chi connectivity index (χ0v) is 25.1. The first-order valence-electron chi connectivity index (χ1n) is 13.8. The van der Waals surface area contributed by atoms with Gasteiger partial charge in [-0.1, -0.05) is 89.8 Å². The van der Waals surface area contributed by atoms with Crippen LogP contribution in [0.25, 0.3) is 33.3 Å². The fourth-order valence-corrected chi connectivity index (χ4v) is 6.96. The van der Waals surface area contributed by atoms with E-state index < -0.39 is 5.97 Å². The summed E-state index contributed by atoms with van der Waals surface area (Å²) in [5.74, 6) is -0.203. The Morgan fingerprint density at radius 2 is 1.68 bits per heavy atom. The highest BCUT2D eigenvalue weighted by atomic mass is 79.9. The molecule has 0 aliphatic heterocycles. The van der Waals surface area contributed by atoms with E-state index in [1.807, 2.05) is 53.9 Å². The average Bonchev–Trinajstić information content (AvgIpc) is 3.44. The number of ether oxygens (including phenoxy) is 1. The van der Waals surface area contributed by atoms with Crippen molar-refractivity contribution < 1.29 is 14.3 Å². The molecule has 0 spiro atoms. The van der Waals surface area contributed by atoms with Crippen molar-refractivity contribution in [2.24, 2.45) is 0 Å². The summed E-state index contributed by atoms with van der Waals surface area (Å²) < 4.78 is 6.01. The predicted octanol–water partition coefficient (Wildman–Crippen LogP) is 9.48. The van der Waals surface area contributed by atoms with Crippen LogP contribution >= 0.6 is 27.3 Å². The standard InChI is InChI=1S/C34H29BrN2O3S/c1-40-34(39)31-28(23-14-12-22(13-15-23)21-8-4-2-5-9-21)20-41-33(31)37-32(38)27-19-30(24-10-6-3-7-11-24)36-29-17-16-25(35)18-26(27)29/h3,6-7,10-21H,2,4-5,8-9H2,1H3,(H,37,38). The molecule has 6 rings (SSSR count). The predicted molar refractivity (Wildman–Crippen MR) is 170 cm³/mol. The molecule has 0 saturated heterocycles. The molecule has 0 bridgehead atoms. The van der Waals surface area contributed by atoms with Crippen molar-refractivity contribution in [3.05, 3.63) is 105 Å². The number of halogens is 1. The van der Waals surface area contributed by atoms with Crippen molar-refractivity contribution in [2.75, 3.05) is 12.4 Å². The number of fused-ring (bicyclic) bond motifs is 1. The molecular weight excluding hydrogens is 596 g/mol. The number of thiophene rings is 1. The second kappa shape index (κ2) is 12.0. The normalized spacial score (nSPS) is 13.7. The molecule has 1 fully saturated rings. The average molecular weight is 626 g/mol. The number of hydrogen-bond donors (Lipinski definition) is 1. The molecule has 0 radical (unpaired) electrons. The summed E-state index contributed by atoms with van der Waals surface area (Å²) in [6.07, 6.45) is 6.34. The van der Waals surface area contributed by atoms with Gasteiger partial charge in [-0.2, -0.15) is 0 Å². The largest absolute Gasteiger partial charge is 0.465 e. The summed E-state index contributed by atoms with van der Waals surface area (Å²) in [6.45, 7) is 0. The summed E-state index contributed by atoms with van der Waals surface area (Å²) >= 11 is 4.85. The molecule has 1 aliphatic rings. The van der Waals surface area contributed by atoms with Gasteiger partial charge < -0.3 is 10.1 Å². The number of hydrogen-bond acceptors (Lipinski definition) is 5. The molecule has 2 aromatic heterocycles. The van der Waals surface area contributed by atoms with Gasteiger partial charge in [0.1, 0.15) is 10.6 Å². The van der Waals surface area contributed by atoms with Crippen LogP contribution in [-0.4, -0.2) is 24.0 Å². The van der Waals surface area contributed by atoms with Gasteiger partial charge in [0.25, 0.3) is 5.91 Å². The number of carbonyl (C=O) groups excluding carboxylic acids is 2. The Labute approximate surface area is 251 Å². The molecule has 5 nitrogen and oxygen atoms in total. The molecule has 0 atom stereocenters. The third-order valence-corrected chi connectivity index (χ3v) is 9.18. The molecule has 1 N–H and O–H groups in total. The molecule has 0 unspecified atom stereocenters. The Bertz CT molecular complexity index is 1730. The van der Waals surface area contributed by atoms with Crippen molar-refractivity contribution in [1.82, 2.24) is 4.98 Å². The van der Waals surface area contributed by atoms with Gasteiger partial charge in [0.2, 0.25) is 0 Å². The molecule has 1 saturated carbocycles. The lowest BCUT2D eigenvalue weighted by atomic mass is 9.83. The number of anilines is 1. The van der Waals surface area contributed by atoms with Crippen LogP contribution in [0.1, 0.15) is 64.3 Å². The second-order valence-electron chi connectivity index (χ2n) is 10.3. The van der Waals surface area contributed by atoms with E-state index in [4.69, 9.17) is 9.72 Å². The van der Waals surface area contributed by atoms with E-state index in [0.717, 1.165) is 21.2 Å². The van der Waals surface area contributed by atoms with E-state index in [0.29, 0.717) is 38.6 Å². The number of esters is 1. The Morgan fingerprint density at radius 3 is 2.41 bits per heavy atom. The number of nitrogens with zero attached hydrogens (tertiary/aromatic N) is 1. The van der Waals surface area contributed by atoms with Gasteiger partial charge in [-0.05, 0) is 54.2 Å². The van der Waals surface area contributed by atoms with Crippen LogP contribution in [0.2, 0.25) is 0 Å². The minimum Gasteiger partial charge on any atom is -0.465 e. The minimum atomic E-state index is -0.486. The highest BCUT2D eigenvalue weighted by Gasteiger charge is 2.24. The lowest BCUT2D eigenvalue weighted by molar-refractivity contribution is 0.0603. The van der Waals surface area contributed by atoms with Crippen LogP contribution in [0.5, 0.6) is 0 Å². The van der Waals surface area contributed by atoms with Crippen LogP contribution in [0.4, 0.5) is 5.00 Å². The number of carbonyl (C=O) groups is 2. The maximum atomic E-state index is 13.9. The van der Waals surface area contributed by atoms with Crippen molar-refractivity contribution in [3.63, 3.8) is 0 Å². The van der Waals surface area contributed by atoms with Crippen LogP contribution in [0, 0.1) is 0 Å². The van der Waals surface area contributed by atoms with Gasteiger partial charge in [-0.3, -0.25) is 4.79 Å². The number of nitrogens with one attached hydrogen (secondary N) is 1. The van der Waals surface area contributed by atoms with Crippen LogP contribution in [0.15, 0.2) is 88.7 Å². The number of methoxy groups -OCH3 is 1. The number of rotatable bonds is 6. The molecule has 2 heterocycles. The number of pyridine rings is 1. The quantitative estimate of drug-likeness (QED) is 0.191.